The molecule has 0 amide bonds. The van der Waals surface area contributed by atoms with E-state index in [1.54, 1.807) is 39.0 Å². The Balaban J connectivity index is 1.87. The summed E-state index contributed by atoms with van der Waals surface area (Å²) in [7, 11) is 1.51. The number of hydrogen-bond acceptors (Lipinski definition) is 6. The van der Waals surface area contributed by atoms with Gasteiger partial charge in [0.05, 0.1) is 19.3 Å². The Hall–Kier alpha value is -3.35. The summed E-state index contributed by atoms with van der Waals surface area (Å²) < 4.78 is 28.9. The third-order valence-corrected chi connectivity index (χ3v) is 5.24. The smallest absolute Gasteiger partial charge is 0.493 e. The van der Waals surface area contributed by atoms with Gasteiger partial charge in [-0.25, -0.2) is 4.79 Å². The van der Waals surface area contributed by atoms with Gasteiger partial charge < -0.3 is 23.7 Å². The topological polar surface area (TPSA) is 63.2 Å². The van der Waals surface area contributed by atoms with Gasteiger partial charge in [-0.05, 0) is 63.9 Å². The first kappa shape index (κ1) is 26.3. The molecule has 0 bridgehead atoms. The van der Waals surface area contributed by atoms with Crippen molar-refractivity contribution < 1.29 is 28.5 Å². The normalized spacial score (nSPS) is 14.0. The van der Waals surface area contributed by atoms with Crippen molar-refractivity contribution in [2.75, 3.05) is 7.11 Å². The Bertz CT molecular complexity index is 1030. The van der Waals surface area contributed by atoms with Crippen LogP contribution in [0.15, 0.2) is 78.9 Å². The zero-order chi connectivity index (χ0) is 25.4. The van der Waals surface area contributed by atoms with Gasteiger partial charge in [-0.1, -0.05) is 60.7 Å². The quantitative estimate of drug-likeness (QED) is 0.180. The van der Waals surface area contributed by atoms with Crippen LogP contribution in [0, 0.1) is 0 Å². The summed E-state index contributed by atoms with van der Waals surface area (Å²) >= 11 is 0. The Kier molecular flexibility index (Phi) is 8.90. The highest BCUT2D eigenvalue weighted by Crippen LogP contribution is 2.37. The molecule has 0 aromatic heterocycles. The molecule has 2 atom stereocenters. The van der Waals surface area contributed by atoms with Gasteiger partial charge in [-0.2, -0.15) is 0 Å². The lowest BCUT2D eigenvalue weighted by molar-refractivity contribution is -0.196. The van der Waals surface area contributed by atoms with E-state index in [1.807, 2.05) is 74.5 Å². The van der Waals surface area contributed by atoms with Crippen LogP contribution in [0.4, 0.5) is 4.79 Å². The molecule has 3 aromatic carbocycles. The third-order valence-electron chi connectivity index (χ3n) is 5.24. The molecule has 3 aromatic rings. The van der Waals surface area contributed by atoms with Gasteiger partial charge in [-0.15, -0.1) is 0 Å². The summed E-state index contributed by atoms with van der Waals surface area (Å²) in [6.07, 6.45) is -1.96. The van der Waals surface area contributed by atoms with Gasteiger partial charge in [0, 0.05) is 5.56 Å². The molecular formula is C29H34O6. The van der Waals surface area contributed by atoms with E-state index < -0.39 is 18.0 Å². The van der Waals surface area contributed by atoms with E-state index in [-0.39, 0.29) is 18.0 Å². The van der Waals surface area contributed by atoms with Crippen LogP contribution in [0.25, 0.3) is 0 Å². The van der Waals surface area contributed by atoms with Crippen LogP contribution < -0.4 is 9.47 Å². The number of carbonyl (C=O) groups excluding carboxylic acids is 1. The molecule has 186 valence electrons. The van der Waals surface area contributed by atoms with Crippen LogP contribution >= 0.6 is 0 Å². The van der Waals surface area contributed by atoms with E-state index in [1.165, 1.54) is 7.11 Å². The van der Waals surface area contributed by atoms with Crippen LogP contribution in [0.3, 0.4) is 0 Å². The highest BCUT2D eigenvalue weighted by atomic mass is 16.7. The Morgan fingerprint density at radius 1 is 0.714 bits per heavy atom. The molecule has 0 aliphatic rings. The van der Waals surface area contributed by atoms with Crippen LogP contribution in [0.1, 0.15) is 69.8 Å². The molecule has 3 rings (SSSR count). The Morgan fingerprint density at radius 2 is 1.23 bits per heavy atom. The molecule has 2 unspecified atom stereocenters. The summed E-state index contributed by atoms with van der Waals surface area (Å²) in [5, 5.41) is 0. The molecule has 0 radical (unpaired) electrons. The van der Waals surface area contributed by atoms with Gasteiger partial charge in [0.25, 0.3) is 0 Å². The summed E-state index contributed by atoms with van der Waals surface area (Å²) in [5.41, 5.74) is 2.12. The predicted octanol–water partition coefficient (Wildman–Crippen LogP) is 7.56. The minimum absolute atomic E-state index is 0.229. The van der Waals surface area contributed by atoms with E-state index in [0.29, 0.717) is 5.75 Å². The Morgan fingerprint density at radius 3 is 1.69 bits per heavy atom. The minimum Gasteiger partial charge on any atom is -0.493 e. The van der Waals surface area contributed by atoms with Crippen LogP contribution in [0.5, 0.6) is 11.5 Å². The van der Waals surface area contributed by atoms with E-state index in [9.17, 15) is 4.79 Å². The minimum atomic E-state index is -0.803. The third kappa shape index (κ3) is 7.84. The van der Waals surface area contributed by atoms with Crippen molar-refractivity contribution in [3.05, 3.63) is 95.6 Å². The number of ether oxygens (including phenoxy) is 5. The summed E-state index contributed by atoms with van der Waals surface area (Å²) in [5.74, 6) is 0.613. The summed E-state index contributed by atoms with van der Waals surface area (Å²) in [6.45, 7) is 9.28. The van der Waals surface area contributed by atoms with Crippen molar-refractivity contribution in [2.24, 2.45) is 0 Å². The lowest BCUT2D eigenvalue weighted by Gasteiger charge is -2.27. The lowest BCUT2D eigenvalue weighted by Crippen LogP contribution is -2.26. The fourth-order valence-electron chi connectivity index (χ4n) is 3.44. The van der Waals surface area contributed by atoms with Gasteiger partial charge in [-0.3, -0.25) is 0 Å². The summed E-state index contributed by atoms with van der Waals surface area (Å²) in [6, 6.07) is 25.1. The highest BCUT2D eigenvalue weighted by Gasteiger charge is 2.24. The molecule has 0 spiro atoms. The second kappa shape index (κ2) is 11.9. The molecular weight excluding hydrogens is 444 g/mol. The van der Waals surface area contributed by atoms with Crippen LogP contribution in [-0.4, -0.2) is 18.9 Å². The molecule has 0 fully saturated rings. The SMILES string of the molecule is COc1cc(C(OC(C)c2ccccc2)OC(C)c2ccccc2)ccc1OC(=O)OC(C)(C)C. The van der Waals surface area contributed by atoms with Gasteiger partial charge >= 0.3 is 6.16 Å². The van der Waals surface area contributed by atoms with Crippen molar-refractivity contribution in [1.82, 2.24) is 0 Å². The first-order valence-electron chi connectivity index (χ1n) is 11.7. The second-order valence-corrected chi connectivity index (χ2v) is 9.19. The standard InChI is InChI=1S/C29H34O6/c1-20(22-13-9-7-10-14-22)32-27(33-21(2)23-15-11-8-12-16-23)24-17-18-25(26(19-24)31-6)34-28(30)35-29(3,4)5/h7-21,27H,1-6H3. The maximum Gasteiger partial charge on any atom is 0.514 e. The largest absolute Gasteiger partial charge is 0.514 e. The monoisotopic (exact) mass is 478 g/mol. The molecule has 0 aliphatic carbocycles. The molecule has 35 heavy (non-hydrogen) atoms. The number of rotatable bonds is 9. The van der Waals surface area contributed by atoms with Crippen molar-refractivity contribution in [1.29, 1.82) is 0 Å². The fourth-order valence-corrected chi connectivity index (χ4v) is 3.44. The van der Waals surface area contributed by atoms with Crippen LogP contribution in [0.2, 0.25) is 0 Å². The zero-order valence-electron chi connectivity index (χ0n) is 21.2. The first-order valence-corrected chi connectivity index (χ1v) is 11.7. The molecule has 0 saturated carbocycles. The number of methoxy groups -OCH3 is 1. The fraction of sp³-hybridized carbons (Fsp3) is 0.345. The van der Waals surface area contributed by atoms with Gasteiger partial charge in [0.15, 0.2) is 17.8 Å². The molecule has 6 nitrogen and oxygen atoms in total. The van der Waals surface area contributed by atoms with Gasteiger partial charge in [0.2, 0.25) is 0 Å². The Labute approximate surface area is 207 Å². The molecule has 0 N–H and O–H groups in total. The lowest BCUT2D eigenvalue weighted by atomic mass is 10.1. The van der Waals surface area contributed by atoms with Crippen molar-refractivity contribution in [3.63, 3.8) is 0 Å². The molecule has 0 heterocycles. The van der Waals surface area contributed by atoms with Crippen molar-refractivity contribution in [3.8, 4) is 11.5 Å². The second-order valence-electron chi connectivity index (χ2n) is 9.19. The number of benzene rings is 3. The number of carbonyl (C=O) groups is 1. The van der Waals surface area contributed by atoms with Crippen LogP contribution in [-0.2, 0) is 14.2 Å². The first-order chi connectivity index (χ1) is 16.7. The average molecular weight is 479 g/mol. The zero-order valence-corrected chi connectivity index (χ0v) is 21.2. The van der Waals surface area contributed by atoms with E-state index in [2.05, 4.69) is 0 Å². The maximum atomic E-state index is 12.2. The average Bonchev–Trinajstić information content (AvgIpc) is 2.83. The van der Waals surface area contributed by atoms with E-state index in [0.717, 1.165) is 16.7 Å². The molecule has 0 saturated heterocycles. The van der Waals surface area contributed by atoms with E-state index in [4.69, 9.17) is 23.7 Å². The van der Waals surface area contributed by atoms with Crippen molar-refractivity contribution >= 4 is 6.16 Å². The number of hydrogen-bond donors (Lipinski definition) is 0. The van der Waals surface area contributed by atoms with E-state index >= 15 is 0 Å². The molecule has 6 heteroatoms. The van der Waals surface area contributed by atoms with Crippen molar-refractivity contribution in [2.45, 2.75) is 58.7 Å². The molecule has 0 aliphatic heterocycles. The maximum absolute atomic E-state index is 12.2. The highest BCUT2D eigenvalue weighted by molar-refractivity contribution is 5.66. The van der Waals surface area contributed by atoms with Gasteiger partial charge in [0.1, 0.15) is 5.60 Å². The predicted molar refractivity (Wildman–Crippen MR) is 134 cm³/mol. The summed E-state index contributed by atoms with van der Waals surface area (Å²) in [4.78, 5) is 12.2.